The van der Waals surface area contributed by atoms with E-state index < -0.39 is 0 Å². The third-order valence-electron chi connectivity index (χ3n) is 11.0. The van der Waals surface area contributed by atoms with Gasteiger partial charge in [-0.15, -0.1) is 0 Å². The Balaban J connectivity index is 1.20. The van der Waals surface area contributed by atoms with Crippen molar-refractivity contribution in [3.05, 3.63) is 169 Å². The highest BCUT2D eigenvalue weighted by Gasteiger charge is 2.19. The Kier molecular flexibility index (Phi) is 7.68. The molecule has 0 N–H and O–H groups in total. The van der Waals surface area contributed by atoms with Gasteiger partial charge in [-0.05, 0) is 113 Å². The van der Waals surface area contributed by atoms with Crippen molar-refractivity contribution in [3.63, 3.8) is 0 Å². The second-order valence-electron chi connectivity index (χ2n) is 16.6. The molecule has 0 spiro atoms. The van der Waals surface area contributed by atoms with Gasteiger partial charge in [-0.2, -0.15) is 0 Å². The van der Waals surface area contributed by atoms with Crippen molar-refractivity contribution in [2.24, 2.45) is 0 Å². The molecule has 53 heavy (non-hydrogen) atoms. The monoisotopic (exact) mass is 684 g/mol. The average molecular weight is 685 g/mol. The zero-order chi connectivity index (χ0) is 36.5. The van der Waals surface area contributed by atoms with E-state index in [4.69, 9.17) is 4.42 Å². The summed E-state index contributed by atoms with van der Waals surface area (Å²) >= 11 is 0. The van der Waals surface area contributed by atoms with Crippen molar-refractivity contribution in [1.29, 1.82) is 0 Å². The van der Waals surface area contributed by atoms with Gasteiger partial charge in [0.25, 0.3) is 0 Å². The molecule has 1 heteroatoms. The van der Waals surface area contributed by atoms with Gasteiger partial charge in [0.15, 0.2) is 0 Å². The van der Waals surface area contributed by atoms with E-state index >= 15 is 0 Å². The lowest BCUT2D eigenvalue weighted by Gasteiger charge is -2.19. The maximum Gasteiger partial charge on any atom is 0.143 e. The lowest BCUT2D eigenvalue weighted by atomic mass is 9.86. The third-order valence-corrected chi connectivity index (χ3v) is 11.0. The van der Waals surface area contributed by atoms with Gasteiger partial charge >= 0.3 is 0 Å². The predicted molar refractivity (Wildman–Crippen MR) is 228 cm³/mol. The standard InChI is InChI=1S/C52H44O/c1-51(2,3)40-24-19-33(20-25-40)37-23-28-49-47(29-37)48-32-39(34-21-26-41(27-22-34)52(4,5)6)31-46(50(48)53-49)36-17-15-35(16-18-36)45-30-38-11-7-8-12-42(38)43-13-9-10-14-44(43)45/h7-32H,1-6H3. The Hall–Kier alpha value is -5.92. The van der Waals surface area contributed by atoms with E-state index in [0.717, 1.165) is 33.1 Å². The highest BCUT2D eigenvalue weighted by Crippen LogP contribution is 2.42. The quantitative estimate of drug-likeness (QED) is 0.168. The van der Waals surface area contributed by atoms with Gasteiger partial charge in [-0.3, -0.25) is 0 Å². The normalized spacial score (nSPS) is 12.3. The molecule has 8 aromatic carbocycles. The second-order valence-corrected chi connectivity index (χ2v) is 16.6. The van der Waals surface area contributed by atoms with E-state index in [9.17, 15) is 0 Å². The molecular formula is C52H44O. The molecule has 0 bridgehead atoms. The Morgan fingerprint density at radius 2 is 0.830 bits per heavy atom. The fourth-order valence-electron chi connectivity index (χ4n) is 7.89. The molecule has 0 atom stereocenters. The van der Waals surface area contributed by atoms with Crippen molar-refractivity contribution in [2.75, 3.05) is 0 Å². The molecule has 1 nitrogen and oxygen atoms in total. The molecule has 0 fully saturated rings. The minimum absolute atomic E-state index is 0.0913. The first-order valence-corrected chi connectivity index (χ1v) is 18.7. The summed E-state index contributed by atoms with van der Waals surface area (Å²) in [6.07, 6.45) is 0. The number of hydrogen-bond acceptors (Lipinski definition) is 1. The van der Waals surface area contributed by atoms with Crippen molar-refractivity contribution >= 4 is 43.5 Å². The summed E-state index contributed by atoms with van der Waals surface area (Å²) in [7, 11) is 0. The number of rotatable bonds is 4. The molecule has 0 amide bonds. The fraction of sp³-hybridized carbons (Fsp3) is 0.154. The van der Waals surface area contributed by atoms with Crippen LogP contribution < -0.4 is 0 Å². The van der Waals surface area contributed by atoms with Gasteiger partial charge in [-0.1, -0.05) is 169 Å². The summed E-state index contributed by atoms with van der Waals surface area (Å²) in [5.41, 5.74) is 14.1. The molecule has 0 saturated heterocycles. The molecule has 258 valence electrons. The molecule has 1 aromatic heterocycles. The van der Waals surface area contributed by atoms with E-state index in [0.29, 0.717) is 0 Å². The summed E-state index contributed by atoms with van der Waals surface area (Å²) in [6, 6.07) is 58.2. The van der Waals surface area contributed by atoms with Crippen LogP contribution in [-0.4, -0.2) is 0 Å². The van der Waals surface area contributed by atoms with Crippen LogP contribution in [0.15, 0.2) is 162 Å². The maximum absolute atomic E-state index is 6.77. The molecule has 0 radical (unpaired) electrons. The predicted octanol–water partition coefficient (Wildman–Crippen LogP) is 15.2. The number of benzene rings is 8. The third kappa shape index (κ3) is 5.91. The Bertz CT molecular complexity index is 2800. The van der Waals surface area contributed by atoms with Crippen LogP contribution in [0.25, 0.3) is 88.0 Å². The topological polar surface area (TPSA) is 13.1 Å². The van der Waals surface area contributed by atoms with Gasteiger partial charge < -0.3 is 4.42 Å². The van der Waals surface area contributed by atoms with Crippen molar-refractivity contribution in [2.45, 2.75) is 52.4 Å². The van der Waals surface area contributed by atoms with Crippen LogP contribution in [0.3, 0.4) is 0 Å². The summed E-state index contributed by atoms with van der Waals surface area (Å²) in [5, 5.41) is 7.35. The first-order chi connectivity index (χ1) is 25.5. The fourth-order valence-corrected chi connectivity index (χ4v) is 7.89. The summed E-state index contributed by atoms with van der Waals surface area (Å²) in [4.78, 5) is 0. The first-order valence-electron chi connectivity index (χ1n) is 18.7. The summed E-state index contributed by atoms with van der Waals surface area (Å²) in [6.45, 7) is 13.6. The highest BCUT2D eigenvalue weighted by atomic mass is 16.3. The smallest absolute Gasteiger partial charge is 0.143 e. The highest BCUT2D eigenvalue weighted by molar-refractivity contribution is 6.14. The van der Waals surface area contributed by atoms with Crippen LogP contribution in [0, 0.1) is 0 Å². The molecule has 0 saturated carbocycles. The molecule has 0 aliphatic heterocycles. The van der Waals surface area contributed by atoms with E-state index in [-0.39, 0.29) is 10.8 Å². The molecule has 0 aliphatic carbocycles. The van der Waals surface area contributed by atoms with E-state index in [1.807, 2.05) is 0 Å². The molecule has 1 heterocycles. The number of fused-ring (bicyclic) bond motifs is 6. The average Bonchev–Trinajstić information content (AvgIpc) is 3.55. The van der Waals surface area contributed by atoms with Crippen LogP contribution in [0.1, 0.15) is 52.7 Å². The number of hydrogen-bond donors (Lipinski definition) is 0. The number of furan rings is 1. The lowest BCUT2D eigenvalue weighted by molar-refractivity contribution is 0.590. The second kappa shape index (κ2) is 12.3. The summed E-state index contributed by atoms with van der Waals surface area (Å²) < 4.78 is 6.77. The molecule has 9 rings (SSSR count). The van der Waals surface area contributed by atoms with E-state index in [1.165, 1.54) is 66.1 Å². The van der Waals surface area contributed by atoms with Crippen LogP contribution >= 0.6 is 0 Å². The van der Waals surface area contributed by atoms with Crippen LogP contribution in [0.5, 0.6) is 0 Å². The minimum atomic E-state index is 0.0913. The van der Waals surface area contributed by atoms with Crippen molar-refractivity contribution in [1.82, 2.24) is 0 Å². The zero-order valence-electron chi connectivity index (χ0n) is 31.4. The van der Waals surface area contributed by atoms with Gasteiger partial charge in [0.2, 0.25) is 0 Å². The van der Waals surface area contributed by atoms with Gasteiger partial charge in [0, 0.05) is 16.3 Å². The maximum atomic E-state index is 6.77. The van der Waals surface area contributed by atoms with Gasteiger partial charge in [-0.25, -0.2) is 0 Å². The Labute approximate surface area is 312 Å². The molecule has 0 aliphatic rings. The Morgan fingerprint density at radius 3 is 1.45 bits per heavy atom. The zero-order valence-corrected chi connectivity index (χ0v) is 31.4. The summed E-state index contributed by atoms with van der Waals surface area (Å²) in [5.74, 6) is 0. The molecule has 0 unspecified atom stereocenters. The lowest BCUT2D eigenvalue weighted by Crippen LogP contribution is -2.10. The SMILES string of the molecule is CC(C)(C)c1ccc(-c2ccc3oc4c(-c5ccc(-c6cc7ccccc7c7ccccc67)cc5)cc(-c5ccc(C(C)(C)C)cc5)cc4c3c2)cc1. The van der Waals surface area contributed by atoms with Crippen LogP contribution in [0.4, 0.5) is 0 Å². The van der Waals surface area contributed by atoms with Crippen molar-refractivity contribution < 1.29 is 4.42 Å². The Morgan fingerprint density at radius 1 is 0.340 bits per heavy atom. The largest absolute Gasteiger partial charge is 0.455 e. The molecule has 9 aromatic rings. The van der Waals surface area contributed by atoms with Crippen molar-refractivity contribution in [3.8, 4) is 44.5 Å². The van der Waals surface area contributed by atoms with E-state index in [2.05, 4.69) is 199 Å². The van der Waals surface area contributed by atoms with Gasteiger partial charge in [0.05, 0.1) is 0 Å². The minimum Gasteiger partial charge on any atom is -0.455 e. The first kappa shape index (κ1) is 33.0. The van der Waals surface area contributed by atoms with Gasteiger partial charge in [0.1, 0.15) is 11.2 Å². The van der Waals surface area contributed by atoms with Crippen LogP contribution in [0.2, 0.25) is 0 Å². The van der Waals surface area contributed by atoms with Crippen LogP contribution in [-0.2, 0) is 10.8 Å². The molecular weight excluding hydrogens is 641 g/mol. The van der Waals surface area contributed by atoms with E-state index in [1.54, 1.807) is 0 Å².